The number of alkyl carbamates (subject to hydrolysis) is 1. The molecule has 6 aromatic rings. The number of halogens is 1. The van der Waals surface area contributed by atoms with E-state index in [-0.39, 0.29) is 118 Å². The van der Waals surface area contributed by atoms with Crippen LogP contribution < -0.4 is 37.3 Å². The third-order valence-electron chi connectivity index (χ3n) is 14.2. The summed E-state index contributed by atoms with van der Waals surface area (Å²) in [6, 6.07) is 29.0. The molecular formula is C77H95Ag2ClN10O32. The van der Waals surface area contributed by atoms with Crippen molar-refractivity contribution in [3.8, 4) is 22.6 Å². The van der Waals surface area contributed by atoms with Crippen molar-refractivity contribution in [1.29, 1.82) is 10.8 Å². The number of aromatic nitrogens is 1. The molecule has 5 aromatic carbocycles. The number of nitrogen functional groups attached to an aromatic ring is 3. The number of esters is 4. The normalized spacial score (nSPS) is 11.5. The zero-order valence-electron chi connectivity index (χ0n) is 67.5. The van der Waals surface area contributed by atoms with E-state index >= 15 is 0 Å². The number of pyridine rings is 1. The molecule has 0 aliphatic heterocycles. The number of aliphatic carboxylic acids is 1. The fourth-order valence-electron chi connectivity index (χ4n) is 8.31. The van der Waals surface area contributed by atoms with Gasteiger partial charge in [0.15, 0.2) is 11.3 Å². The number of hydrogen-bond donors (Lipinski definition) is 9. The molecule has 2 amide bonds. The number of nitrogens with one attached hydrogen (secondary N) is 4. The molecule has 1 radical (unpaired) electrons. The van der Waals surface area contributed by atoms with Gasteiger partial charge in [0.1, 0.15) is 48.7 Å². The van der Waals surface area contributed by atoms with Crippen molar-refractivity contribution in [3.63, 3.8) is 0 Å². The van der Waals surface area contributed by atoms with Crippen LogP contribution in [0.2, 0.25) is 0 Å². The first-order chi connectivity index (χ1) is 57.3. The van der Waals surface area contributed by atoms with Gasteiger partial charge in [0.05, 0.1) is 61.0 Å². The van der Waals surface area contributed by atoms with E-state index < -0.39 is 100 Å². The molecule has 45 heteroatoms. The van der Waals surface area contributed by atoms with Crippen LogP contribution in [-0.2, 0) is 127 Å². The molecule has 122 heavy (non-hydrogen) atoms. The molecule has 1 aromatic heterocycles. The Balaban J connectivity index is 0.00000151. The van der Waals surface area contributed by atoms with Crippen LogP contribution in [0.4, 0.5) is 37.1 Å². The van der Waals surface area contributed by atoms with Crippen LogP contribution in [0.15, 0.2) is 128 Å². The van der Waals surface area contributed by atoms with Gasteiger partial charge in [0.25, 0.3) is 17.3 Å². The fourth-order valence-corrected chi connectivity index (χ4v) is 8.39. The zero-order valence-corrected chi connectivity index (χ0v) is 71.2. The second-order valence-electron chi connectivity index (χ2n) is 24.3. The third kappa shape index (κ3) is 47.7. The van der Waals surface area contributed by atoms with Gasteiger partial charge in [-0.1, -0.05) is 38.1 Å². The first kappa shape index (κ1) is 110. The molecule has 1 aliphatic carbocycles. The molecule has 7 rings (SSSR count). The van der Waals surface area contributed by atoms with Gasteiger partial charge in [-0.3, -0.25) is 46.0 Å². The van der Waals surface area contributed by atoms with E-state index in [9.17, 15) is 73.3 Å². The maximum atomic E-state index is 13.2. The van der Waals surface area contributed by atoms with Gasteiger partial charge in [0, 0.05) is 123 Å². The van der Waals surface area contributed by atoms with E-state index in [1.54, 1.807) is 96.4 Å². The Morgan fingerprint density at radius 3 is 1.46 bits per heavy atom. The van der Waals surface area contributed by atoms with Crippen molar-refractivity contribution >= 4 is 112 Å². The summed E-state index contributed by atoms with van der Waals surface area (Å²) >= 11 is 7.09. The fraction of sp³-hybridized carbons (Fsp3) is 0.364. The Bertz CT molecular complexity index is 4380. The molecule has 1 aliphatic rings. The molecule has 12 N–H and O–H groups in total. The van der Waals surface area contributed by atoms with Crippen molar-refractivity contribution in [3.05, 3.63) is 187 Å². The number of nitrogens with two attached hydrogens (primary N) is 3. The summed E-state index contributed by atoms with van der Waals surface area (Å²) in [4.78, 5) is 140. The maximum absolute atomic E-state index is 13.2. The van der Waals surface area contributed by atoms with Gasteiger partial charge < -0.3 is 104 Å². The first-order valence-electron chi connectivity index (χ1n) is 35.5. The average Bonchev–Trinajstić information content (AvgIpc) is 0.921. The average molecular weight is 1920 g/mol. The quantitative estimate of drug-likeness (QED) is 0.00144. The van der Waals surface area contributed by atoms with E-state index in [4.69, 9.17) is 105 Å². The number of carboxylic acid groups (broad SMARTS) is 2. The molecule has 0 saturated heterocycles. The van der Waals surface area contributed by atoms with E-state index in [0.29, 0.717) is 67.0 Å². The number of amidine groups is 2. The van der Waals surface area contributed by atoms with Crippen LogP contribution in [0.25, 0.3) is 17.2 Å². The standard InChI is InChI=1S/C27H30N2O7.C15H21N3O6.C14H17NO9.C9H8ClNO5.C7H9N3.C5H10O4.2Ag.O/c1-6-18-12-21(25(31)32)20(11-15(18)4)19-9-10-22(24(30)28-13-17-7-8-17)29-23(19)27(34)36-16(5)35-26(33)14(2)3;1-10(23-13(19)9-22-8-7-21-2)24-15(20)18-14(17)11-3-5-12(16)6-4-11;1-10(22-13(16)9-21-8-7-20-2)23-14(17)24-12-5-3-11(4-6-12)15(18)19;1-6(10)15-9(12)16-8-4-2-7(3-5-8)11(13)14;8-6-3-1-5(2-4-6)7(9)10;1-8-2-3-9-4-5(6)7;;;/h6,9-12,14,16-17H,1,7-8,13H2,2-5H3,(H,28,30)(H,31,32);3-6,10H,7-9,16H2,1-2H3,(H2,17,18,20);3-6,10H,7-9H2,1-2H3;2-6H,1H3;1-4H,8H2,(H3,9,10);2-4H2,1H3,(H,6,7);;;. The second-order valence-corrected chi connectivity index (χ2v) is 24.9. The van der Waals surface area contributed by atoms with Gasteiger partial charge in [-0.25, -0.2) is 43.3 Å². The van der Waals surface area contributed by atoms with Crippen LogP contribution >= 0.6 is 11.6 Å². The number of nitro benzene ring substituents is 2. The summed E-state index contributed by atoms with van der Waals surface area (Å²) in [5.41, 5.74) is 18.9. The van der Waals surface area contributed by atoms with E-state index in [1.165, 1.54) is 122 Å². The number of aryl methyl sites for hydroxylation is 1. The molecule has 1 fully saturated rings. The van der Waals surface area contributed by atoms with Crippen molar-refractivity contribution < 1.29 is 186 Å². The monoisotopic (exact) mass is 1920 g/mol. The van der Waals surface area contributed by atoms with Crippen molar-refractivity contribution in [2.24, 2.45) is 17.6 Å². The minimum atomic E-state index is -1.22. The summed E-state index contributed by atoms with van der Waals surface area (Å²) in [5, 5.41) is 58.5. The van der Waals surface area contributed by atoms with Gasteiger partial charge in [0.2, 0.25) is 18.9 Å². The number of hydrogen-bond acceptors (Lipinski definition) is 35. The second kappa shape index (κ2) is 61.3. The number of amides is 2. The van der Waals surface area contributed by atoms with Crippen LogP contribution in [0.1, 0.15) is 108 Å². The molecule has 4 atom stereocenters. The molecule has 1 saturated carbocycles. The number of carboxylic acids is 2. The predicted molar refractivity (Wildman–Crippen MR) is 425 cm³/mol. The number of non-ortho nitro benzene ring substituents is 2. The van der Waals surface area contributed by atoms with Crippen molar-refractivity contribution in [2.45, 2.75) is 85.7 Å². The van der Waals surface area contributed by atoms with Gasteiger partial charge >= 0.3 is 78.5 Å². The van der Waals surface area contributed by atoms with Gasteiger partial charge in [-0.15, -0.1) is 0 Å². The topological polar surface area (TPSA) is 616 Å². The SMILES string of the molecule is C=Cc1cc(C(=O)O)c(-c2ccc(C(=O)NCC3CC3)nc2C(=O)OC(C)OC(=O)C(C)C)cc1C.CC(Cl)OC(=O)Oc1ccc([N+](=O)[O-])cc1.COCCOCC(=O)O.COCCOCC(=O)OC(C)OC(=O)NC(=N)c1ccc(N)cc1.COCCOCC(=O)OC(C)OC(=O)Oc1ccc([N+](=O)[O-])cc1.N=C(N)c1ccc(N)cc1.[Ag].[O]=[Ag]. The van der Waals surface area contributed by atoms with Crippen LogP contribution in [-0.4, -0.2) is 209 Å². The van der Waals surface area contributed by atoms with Gasteiger partial charge in [-0.05, 0) is 146 Å². The zero-order chi connectivity index (χ0) is 91.3. The molecular weight excluding hydrogens is 1830 g/mol. The predicted octanol–water partition coefficient (Wildman–Crippen LogP) is 9.63. The number of ether oxygens (including phenoxy) is 15. The number of carbonyl (C=O) groups excluding carboxylic acids is 8. The van der Waals surface area contributed by atoms with Crippen LogP contribution in [0.5, 0.6) is 11.5 Å². The summed E-state index contributed by atoms with van der Waals surface area (Å²) in [7, 11) is 4.54. The molecule has 42 nitrogen and oxygen atoms in total. The Kier molecular flexibility index (Phi) is 55.2. The van der Waals surface area contributed by atoms with E-state index in [1.807, 2.05) is 0 Å². The summed E-state index contributed by atoms with van der Waals surface area (Å²) < 4.78 is 80.2. The first-order valence-corrected chi connectivity index (χ1v) is 36.5. The van der Waals surface area contributed by atoms with E-state index in [2.05, 4.69) is 36.4 Å². The Morgan fingerprint density at radius 2 is 1.05 bits per heavy atom. The third-order valence-corrected chi connectivity index (χ3v) is 14.3. The molecule has 4 unspecified atom stereocenters. The summed E-state index contributed by atoms with van der Waals surface area (Å²) in [6.07, 6.45) is -2.89. The summed E-state index contributed by atoms with van der Waals surface area (Å²) in [6.45, 7) is 15.9. The molecule has 0 spiro atoms. The number of rotatable bonds is 36. The number of aromatic carboxylic acids is 1. The van der Waals surface area contributed by atoms with E-state index in [0.717, 1.165) is 18.4 Å². The number of nitrogens with zero attached hydrogens (tertiary/aromatic N) is 3. The minimum absolute atomic E-state index is 0. The Hall–Kier alpha value is -12.0. The van der Waals surface area contributed by atoms with Crippen LogP contribution in [0.3, 0.4) is 0 Å². The number of carbonyl (C=O) groups is 10. The Labute approximate surface area is 732 Å². The number of benzene rings is 5. The molecule has 674 valence electrons. The Morgan fingerprint density at radius 1 is 0.607 bits per heavy atom. The number of methoxy groups -OCH3 is 3. The summed E-state index contributed by atoms with van der Waals surface area (Å²) in [5.74, 6) is -5.43. The number of anilines is 2. The number of nitro groups is 2. The van der Waals surface area contributed by atoms with Crippen LogP contribution in [0, 0.1) is 49.8 Å². The van der Waals surface area contributed by atoms with Crippen molar-refractivity contribution in [2.75, 3.05) is 98.8 Å². The van der Waals surface area contributed by atoms with Gasteiger partial charge in [-0.2, -0.15) is 0 Å². The number of alkyl halides is 1. The molecule has 1 heterocycles. The van der Waals surface area contributed by atoms with Crippen molar-refractivity contribution in [1.82, 2.24) is 15.6 Å². The molecule has 0 bridgehead atoms.